The maximum Gasteiger partial charge on any atom is 0.251 e. The van der Waals surface area contributed by atoms with Crippen LogP contribution in [0.5, 0.6) is 0 Å². The highest BCUT2D eigenvalue weighted by atomic mass is 19.1. The Hall–Kier alpha value is -2.54. The summed E-state index contributed by atoms with van der Waals surface area (Å²) in [6.45, 7) is 1.04. The predicted molar refractivity (Wildman–Crippen MR) is 82.5 cm³/mol. The molecule has 1 aromatic carbocycles. The smallest absolute Gasteiger partial charge is 0.251 e. The first kappa shape index (κ1) is 15.4. The molecule has 0 spiro atoms. The van der Waals surface area contributed by atoms with Gasteiger partial charge in [-0.3, -0.25) is 4.79 Å². The van der Waals surface area contributed by atoms with Gasteiger partial charge in [0.05, 0.1) is 6.04 Å². The molecule has 2 heterocycles. The molecule has 2 atom stereocenters. The molecule has 0 radical (unpaired) electrons. The molecule has 7 heteroatoms. The van der Waals surface area contributed by atoms with Crippen LogP contribution >= 0.6 is 0 Å². The molecular formula is C16H17FN4O2. The minimum absolute atomic E-state index is 0.0440. The fraction of sp³-hybridized carbons (Fsp3) is 0.312. The van der Waals surface area contributed by atoms with Crippen molar-refractivity contribution in [2.45, 2.75) is 6.04 Å². The van der Waals surface area contributed by atoms with Crippen molar-refractivity contribution in [1.82, 2.24) is 15.3 Å². The molecule has 1 saturated heterocycles. The lowest BCUT2D eigenvalue weighted by Crippen LogP contribution is -2.41. The molecule has 1 amide bonds. The summed E-state index contributed by atoms with van der Waals surface area (Å²) in [4.78, 5) is 22.6. The van der Waals surface area contributed by atoms with Crippen molar-refractivity contribution >= 4 is 11.9 Å². The van der Waals surface area contributed by atoms with Gasteiger partial charge < -0.3 is 15.3 Å². The number of nitrogens with zero attached hydrogens (tertiary/aromatic N) is 3. The second kappa shape index (κ2) is 6.70. The van der Waals surface area contributed by atoms with Gasteiger partial charge in [-0.25, -0.2) is 14.4 Å². The van der Waals surface area contributed by atoms with E-state index in [1.807, 2.05) is 4.90 Å². The average molecular weight is 316 g/mol. The van der Waals surface area contributed by atoms with Crippen LogP contribution in [0.15, 0.2) is 42.7 Å². The number of hydrogen-bond donors (Lipinski definition) is 2. The first-order chi connectivity index (χ1) is 11.2. The van der Waals surface area contributed by atoms with Gasteiger partial charge in [0.1, 0.15) is 5.82 Å². The summed E-state index contributed by atoms with van der Waals surface area (Å²) in [6.07, 6.45) is 3.31. The molecular weight excluding hydrogens is 299 g/mol. The maximum atomic E-state index is 12.9. The SMILES string of the molecule is O=C(NC1CN(c2ncccn2)CC1CO)c1ccc(F)cc1. The van der Waals surface area contributed by atoms with Gasteiger partial charge in [-0.05, 0) is 30.3 Å². The predicted octanol–water partition coefficient (Wildman–Crippen LogP) is 0.843. The topological polar surface area (TPSA) is 78.4 Å². The van der Waals surface area contributed by atoms with E-state index >= 15 is 0 Å². The summed E-state index contributed by atoms with van der Waals surface area (Å²) in [5.41, 5.74) is 0.387. The Kier molecular flexibility index (Phi) is 4.47. The van der Waals surface area contributed by atoms with E-state index in [2.05, 4.69) is 15.3 Å². The zero-order valence-electron chi connectivity index (χ0n) is 12.4. The third-order valence-corrected chi connectivity index (χ3v) is 3.93. The van der Waals surface area contributed by atoms with Gasteiger partial charge in [0.2, 0.25) is 5.95 Å². The largest absolute Gasteiger partial charge is 0.396 e. The summed E-state index contributed by atoms with van der Waals surface area (Å²) in [6, 6.07) is 6.88. The van der Waals surface area contributed by atoms with Crippen LogP contribution in [0, 0.1) is 11.7 Å². The van der Waals surface area contributed by atoms with Gasteiger partial charge in [-0.2, -0.15) is 0 Å². The summed E-state index contributed by atoms with van der Waals surface area (Å²) in [5.74, 6) is -0.208. The first-order valence-corrected chi connectivity index (χ1v) is 7.36. The van der Waals surface area contributed by atoms with Crippen LogP contribution in [0.25, 0.3) is 0 Å². The van der Waals surface area contributed by atoms with Crippen LogP contribution in [0.2, 0.25) is 0 Å². The number of halogens is 1. The lowest BCUT2D eigenvalue weighted by molar-refractivity contribution is 0.0921. The second-order valence-electron chi connectivity index (χ2n) is 5.48. The number of aliphatic hydroxyl groups excluding tert-OH is 1. The zero-order chi connectivity index (χ0) is 16.2. The molecule has 1 aliphatic heterocycles. The normalized spacial score (nSPS) is 20.5. The molecule has 0 bridgehead atoms. The third-order valence-electron chi connectivity index (χ3n) is 3.93. The third kappa shape index (κ3) is 3.45. The summed E-state index contributed by atoms with van der Waals surface area (Å²) in [7, 11) is 0. The number of aromatic nitrogens is 2. The lowest BCUT2D eigenvalue weighted by atomic mass is 10.0. The van der Waals surface area contributed by atoms with Gasteiger partial charge in [-0.15, -0.1) is 0 Å². The zero-order valence-corrected chi connectivity index (χ0v) is 12.4. The molecule has 2 unspecified atom stereocenters. The highest BCUT2D eigenvalue weighted by molar-refractivity contribution is 5.94. The molecule has 120 valence electrons. The molecule has 2 aromatic rings. The molecule has 23 heavy (non-hydrogen) atoms. The number of hydrogen-bond acceptors (Lipinski definition) is 5. The van der Waals surface area contributed by atoms with Crippen molar-refractivity contribution in [3.8, 4) is 0 Å². The first-order valence-electron chi connectivity index (χ1n) is 7.36. The van der Waals surface area contributed by atoms with E-state index in [4.69, 9.17) is 0 Å². The van der Waals surface area contributed by atoms with Crippen molar-refractivity contribution in [3.05, 3.63) is 54.1 Å². The van der Waals surface area contributed by atoms with E-state index in [1.165, 1.54) is 24.3 Å². The number of rotatable bonds is 4. The molecule has 1 aromatic heterocycles. The fourth-order valence-electron chi connectivity index (χ4n) is 2.69. The van der Waals surface area contributed by atoms with Crippen molar-refractivity contribution in [2.24, 2.45) is 5.92 Å². The average Bonchev–Trinajstić information content (AvgIpc) is 2.99. The molecule has 2 N–H and O–H groups in total. The monoisotopic (exact) mass is 316 g/mol. The van der Waals surface area contributed by atoms with Crippen LogP contribution in [0.4, 0.5) is 10.3 Å². The molecule has 6 nitrogen and oxygen atoms in total. The highest BCUT2D eigenvalue weighted by Crippen LogP contribution is 2.21. The lowest BCUT2D eigenvalue weighted by Gasteiger charge is -2.18. The Labute approximate surface area is 133 Å². The van der Waals surface area contributed by atoms with Crippen LogP contribution in [-0.2, 0) is 0 Å². The van der Waals surface area contributed by atoms with Gasteiger partial charge in [-0.1, -0.05) is 0 Å². The van der Waals surface area contributed by atoms with Crippen LogP contribution < -0.4 is 10.2 Å². The van der Waals surface area contributed by atoms with Gasteiger partial charge in [0.25, 0.3) is 5.91 Å². The Morgan fingerprint density at radius 2 is 1.96 bits per heavy atom. The van der Waals surface area contributed by atoms with Crippen molar-refractivity contribution in [2.75, 3.05) is 24.6 Å². The summed E-state index contributed by atoms with van der Waals surface area (Å²) in [5, 5.41) is 12.4. The number of carbonyl (C=O) groups is 1. The van der Waals surface area contributed by atoms with Crippen LogP contribution in [0.1, 0.15) is 10.4 Å². The molecule has 1 aliphatic rings. The second-order valence-corrected chi connectivity index (χ2v) is 5.48. The quantitative estimate of drug-likeness (QED) is 0.874. The number of carbonyl (C=O) groups excluding carboxylic acids is 1. The fourth-order valence-corrected chi connectivity index (χ4v) is 2.69. The van der Waals surface area contributed by atoms with Crippen molar-refractivity contribution < 1.29 is 14.3 Å². The number of amides is 1. The highest BCUT2D eigenvalue weighted by Gasteiger charge is 2.34. The van der Waals surface area contributed by atoms with Gasteiger partial charge in [0.15, 0.2) is 0 Å². The van der Waals surface area contributed by atoms with Crippen molar-refractivity contribution in [1.29, 1.82) is 0 Å². The summed E-state index contributed by atoms with van der Waals surface area (Å²) < 4.78 is 12.9. The minimum Gasteiger partial charge on any atom is -0.396 e. The standard InChI is InChI=1S/C16H17FN4O2/c17-13-4-2-11(3-5-13)15(23)20-14-9-21(8-12(14)10-22)16-18-6-1-7-19-16/h1-7,12,14,22H,8-10H2,(H,20,23). The van der Waals surface area contributed by atoms with E-state index in [0.717, 1.165) is 0 Å². The van der Waals surface area contributed by atoms with Gasteiger partial charge in [0, 0.05) is 43.6 Å². The number of anilines is 1. The van der Waals surface area contributed by atoms with E-state index < -0.39 is 0 Å². The van der Waals surface area contributed by atoms with E-state index in [0.29, 0.717) is 24.6 Å². The molecule has 1 fully saturated rings. The Morgan fingerprint density at radius 1 is 1.26 bits per heavy atom. The van der Waals surface area contributed by atoms with E-state index in [-0.39, 0.29) is 30.3 Å². The van der Waals surface area contributed by atoms with Crippen molar-refractivity contribution in [3.63, 3.8) is 0 Å². The minimum atomic E-state index is -0.386. The van der Waals surface area contributed by atoms with E-state index in [1.54, 1.807) is 18.5 Å². The maximum absolute atomic E-state index is 12.9. The number of aliphatic hydroxyl groups is 1. The molecule has 0 saturated carbocycles. The Balaban J connectivity index is 1.69. The van der Waals surface area contributed by atoms with Crippen LogP contribution in [-0.4, -0.2) is 46.7 Å². The number of nitrogens with one attached hydrogen (secondary N) is 1. The van der Waals surface area contributed by atoms with Gasteiger partial charge >= 0.3 is 0 Å². The number of benzene rings is 1. The molecule has 0 aliphatic carbocycles. The Morgan fingerprint density at radius 3 is 2.61 bits per heavy atom. The van der Waals surface area contributed by atoms with Crippen LogP contribution in [0.3, 0.4) is 0 Å². The Bertz CT molecular complexity index is 666. The molecule has 3 rings (SSSR count). The summed E-state index contributed by atoms with van der Waals surface area (Å²) >= 11 is 0. The van der Waals surface area contributed by atoms with E-state index in [9.17, 15) is 14.3 Å².